The number of hydrogen-bond acceptors (Lipinski definition) is 4. The number of alkyl halides is 2. The smallest absolute Gasteiger partial charge is 0.308 e. The number of halogens is 2. The molecule has 3 aliphatic rings. The lowest BCUT2D eigenvalue weighted by atomic mass is 9.78. The number of esters is 1. The van der Waals surface area contributed by atoms with Gasteiger partial charge in [-0.1, -0.05) is 37.6 Å². The van der Waals surface area contributed by atoms with Gasteiger partial charge in [0.25, 0.3) is 5.92 Å². The number of nitrogens with zero attached hydrogens (tertiary/aromatic N) is 1. The highest BCUT2D eigenvalue weighted by atomic mass is 19.3. The van der Waals surface area contributed by atoms with Gasteiger partial charge >= 0.3 is 5.97 Å². The molecule has 2 aliphatic heterocycles. The van der Waals surface area contributed by atoms with Gasteiger partial charge in [-0.05, 0) is 79.7 Å². The van der Waals surface area contributed by atoms with Crippen molar-refractivity contribution in [3.05, 3.63) is 41.5 Å². The van der Waals surface area contributed by atoms with E-state index in [1.54, 1.807) is 6.07 Å². The van der Waals surface area contributed by atoms with Gasteiger partial charge in [-0.15, -0.1) is 0 Å². The van der Waals surface area contributed by atoms with E-state index < -0.39 is 5.92 Å². The van der Waals surface area contributed by atoms with E-state index in [0.717, 1.165) is 69.2 Å². The molecule has 196 valence electrons. The van der Waals surface area contributed by atoms with Crippen LogP contribution in [0.2, 0.25) is 0 Å². The van der Waals surface area contributed by atoms with E-state index in [2.05, 4.69) is 17.9 Å². The molecular formula is C30H39F2NO3. The second-order valence-corrected chi connectivity index (χ2v) is 11.4. The summed E-state index contributed by atoms with van der Waals surface area (Å²) in [7, 11) is 1.47. The lowest BCUT2D eigenvalue weighted by Crippen LogP contribution is -2.52. The fraction of sp³-hybridized carbons (Fsp3) is 0.633. The highest BCUT2D eigenvalue weighted by Crippen LogP contribution is 2.43. The zero-order chi connectivity index (χ0) is 25.4. The average Bonchev–Trinajstić information content (AvgIpc) is 2.84. The predicted octanol–water partition coefficient (Wildman–Crippen LogP) is 7.22. The number of rotatable bonds is 6. The van der Waals surface area contributed by atoms with Crippen LogP contribution in [0.4, 0.5) is 8.78 Å². The van der Waals surface area contributed by atoms with Gasteiger partial charge in [0, 0.05) is 25.6 Å². The van der Waals surface area contributed by atoms with Crippen molar-refractivity contribution in [3.63, 3.8) is 0 Å². The average molecular weight is 500 g/mol. The van der Waals surface area contributed by atoms with Crippen LogP contribution in [0.15, 0.2) is 30.3 Å². The SMILES string of the molecule is COC(=O)C1CC2CCCC(C1)N2Cc1cccc2c(C(C)(F)F)c(OC3CCC(C)CC3)ccc12. The minimum atomic E-state index is -3.01. The van der Waals surface area contributed by atoms with E-state index in [1.807, 2.05) is 18.2 Å². The Labute approximate surface area is 213 Å². The maximum absolute atomic E-state index is 15.1. The van der Waals surface area contributed by atoms with Gasteiger partial charge in [0.05, 0.1) is 24.7 Å². The Balaban J connectivity index is 1.45. The van der Waals surface area contributed by atoms with Crippen LogP contribution in [-0.2, 0) is 22.0 Å². The van der Waals surface area contributed by atoms with Gasteiger partial charge in [0.1, 0.15) is 5.75 Å². The van der Waals surface area contributed by atoms with Crippen molar-refractivity contribution in [2.45, 2.75) is 102 Å². The number of carbonyl (C=O) groups is 1. The van der Waals surface area contributed by atoms with Crippen molar-refractivity contribution >= 4 is 16.7 Å². The molecule has 0 amide bonds. The first-order valence-electron chi connectivity index (χ1n) is 13.7. The maximum Gasteiger partial charge on any atom is 0.308 e. The first-order chi connectivity index (χ1) is 17.2. The number of fused-ring (bicyclic) bond motifs is 3. The molecular weight excluding hydrogens is 460 g/mol. The van der Waals surface area contributed by atoms with E-state index >= 15 is 8.78 Å². The summed E-state index contributed by atoms with van der Waals surface area (Å²) in [5.74, 6) is -2.16. The molecule has 0 spiro atoms. The van der Waals surface area contributed by atoms with Gasteiger partial charge in [-0.2, -0.15) is 0 Å². The normalized spacial score (nSPS) is 29.2. The van der Waals surface area contributed by atoms with E-state index in [9.17, 15) is 4.79 Å². The molecule has 2 aromatic carbocycles. The minimum Gasteiger partial charge on any atom is -0.490 e. The van der Waals surface area contributed by atoms with E-state index in [4.69, 9.17) is 9.47 Å². The molecule has 0 N–H and O–H groups in total. The Bertz CT molecular complexity index is 1080. The van der Waals surface area contributed by atoms with Crippen molar-refractivity contribution in [1.29, 1.82) is 0 Å². The molecule has 0 aromatic heterocycles. The zero-order valence-corrected chi connectivity index (χ0v) is 21.8. The third-order valence-corrected chi connectivity index (χ3v) is 8.82. The van der Waals surface area contributed by atoms with Gasteiger partial charge in [0.15, 0.2) is 0 Å². The van der Waals surface area contributed by atoms with E-state index in [0.29, 0.717) is 35.7 Å². The first-order valence-corrected chi connectivity index (χ1v) is 13.7. The Kier molecular flexibility index (Phi) is 7.26. The third kappa shape index (κ3) is 5.11. The third-order valence-electron chi connectivity index (χ3n) is 8.82. The predicted molar refractivity (Wildman–Crippen MR) is 137 cm³/mol. The van der Waals surface area contributed by atoms with Crippen LogP contribution in [0.3, 0.4) is 0 Å². The summed E-state index contributed by atoms with van der Waals surface area (Å²) in [5.41, 5.74) is 1.06. The van der Waals surface area contributed by atoms with Crippen molar-refractivity contribution in [2.24, 2.45) is 11.8 Å². The van der Waals surface area contributed by atoms with E-state index in [1.165, 1.54) is 13.5 Å². The van der Waals surface area contributed by atoms with Crippen LogP contribution in [-0.4, -0.2) is 36.2 Å². The Hall–Kier alpha value is -2.21. The summed E-state index contributed by atoms with van der Waals surface area (Å²) in [6.45, 7) is 3.92. The monoisotopic (exact) mass is 499 g/mol. The molecule has 36 heavy (non-hydrogen) atoms. The number of methoxy groups -OCH3 is 1. The summed E-state index contributed by atoms with van der Waals surface area (Å²) >= 11 is 0. The van der Waals surface area contributed by atoms with Crippen molar-refractivity contribution in [1.82, 2.24) is 4.90 Å². The van der Waals surface area contributed by atoms with Crippen LogP contribution >= 0.6 is 0 Å². The fourth-order valence-corrected chi connectivity index (χ4v) is 6.91. The molecule has 3 fully saturated rings. The minimum absolute atomic E-state index is 0.00147. The van der Waals surface area contributed by atoms with Crippen LogP contribution in [0.1, 0.15) is 82.8 Å². The quantitative estimate of drug-likeness (QED) is 0.394. The van der Waals surface area contributed by atoms with Gasteiger partial charge in [-0.25, -0.2) is 8.78 Å². The van der Waals surface area contributed by atoms with Crippen molar-refractivity contribution < 1.29 is 23.0 Å². The van der Waals surface area contributed by atoms with E-state index in [-0.39, 0.29) is 23.6 Å². The molecule has 2 unspecified atom stereocenters. The van der Waals surface area contributed by atoms with Crippen LogP contribution < -0.4 is 4.74 Å². The largest absolute Gasteiger partial charge is 0.490 e. The molecule has 2 bridgehead atoms. The number of ether oxygens (including phenoxy) is 2. The number of hydrogen-bond donors (Lipinski definition) is 0. The number of benzene rings is 2. The Morgan fingerprint density at radius 1 is 1.00 bits per heavy atom. The maximum atomic E-state index is 15.1. The standard InChI is InChI=1S/C30H39F2NO3/c1-19-10-12-24(13-11-19)36-27-15-14-25-20(6-4-9-26(25)28(27)30(2,31)32)18-33-22-7-5-8-23(33)17-21(16-22)29(34)35-3/h4,6,9,14-15,19,21-24H,5,7-8,10-13,16-18H2,1-3H3. The Morgan fingerprint density at radius 2 is 1.69 bits per heavy atom. The second kappa shape index (κ2) is 10.3. The molecule has 0 radical (unpaired) electrons. The summed E-state index contributed by atoms with van der Waals surface area (Å²) in [6, 6.07) is 10.1. The fourth-order valence-electron chi connectivity index (χ4n) is 6.91. The van der Waals surface area contributed by atoms with Gasteiger partial charge < -0.3 is 9.47 Å². The van der Waals surface area contributed by atoms with Crippen LogP contribution in [0.25, 0.3) is 10.8 Å². The molecule has 6 heteroatoms. The second-order valence-electron chi connectivity index (χ2n) is 11.4. The van der Waals surface area contributed by atoms with Gasteiger partial charge in [-0.3, -0.25) is 9.69 Å². The molecule has 2 aromatic rings. The lowest BCUT2D eigenvalue weighted by Gasteiger charge is -2.48. The number of carbonyl (C=O) groups excluding carboxylic acids is 1. The zero-order valence-electron chi connectivity index (χ0n) is 21.8. The molecule has 2 heterocycles. The summed E-state index contributed by atoms with van der Waals surface area (Å²) < 4.78 is 41.4. The van der Waals surface area contributed by atoms with Gasteiger partial charge in [0.2, 0.25) is 0 Å². The molecule has 5 rings (SSSR count). The molecule has 1 aliphatic carbocycles. The lowest BCUT2D eigenvalue weighted by molar-refractivity contribution is -0.150. The summed E-state index contributed by atoms with van der Waals surface area (Å²) in [6.07, 6.45) is 8.90. The highest BCUT2D eigenvalue weighted by molar-refractivity contribution is 5.91. The summed E-state index contributed by atoms with van der Waals surface area (Å²) in [4.78, 5) is 14.7. The summed E-state index contributed by atoms with van der Waals surface area (Å²) in [5, 5.41) is 1.45. The van der Waals surface area contributed by atoms with Crippen LogP contribution in [0, 0.1) is 11.8 Å². The molecule has 1 saturated carbocycles. The Morgan fingerprint density at radius 3 is 2.33 bits per heavy atom. The molecule has 2 saturated heterocycles. The topological polar surface area (TPSA) is 38.8 Å². The molecule has 2 atom stereocenters. The van der Waals surface area contributed by atoms with Crippen molar-refractivity contribution in [3.8, 4) is 5.75 Å². The van der Waals surface area contributed by atoms with Crippen molar-refractivity contribution in [2.75, 3.05) is 7.11 Å². The highest BCUT2D eigenvalue weighted by Gasteiger charge is 2.41. The van der Waals surface area contributed by atoms with Crippen LogP contribution in [0.5, 0.6) is 5.75 Å². The number of piperidine rings is 2. The molecule has 4 nitrogen and oxygen atoms in total. The first kappa shape index (κ1) is 25.4.